The Morgan fingerprint density at radius 2 is 1.95 bits per heavy atom. The van der Waals surface area contributed by atoms with Crippen LogP contribution >= 0.6 is 0 Å². The van der Waals surface area contributed by atoms with Crippen molar-refractivity contribution in [3.63, 3.8) is 0 Å². The van der Waals surface area contributed by atoms with E-state index in [1.807, 2.05) is 42.5 Å². The van der Waals surface area contributed by atoms with E-state index >= 15 is 0 Å². The number of amides is 1. The summed E-state index contributed by atoms with van der Waals surface area (Å²) in [6.45, 7) is 0.373. The number of fused-ring (bicyclic) bond motifs is 1. The molecule has 4 nitrogen and oxygen atoms in total. The molecule has 2 aromatic rings. The minimum atomic E-state index is -0.772. The van der Waals surface area contributed by atoms with Gasteiger partial charge in [0.2, 0.25) is 5.91 Å². The number of rotatable bonds is 3. The SMILES string of the molecule is O=C(Nc1ccc2ccccc2c1)C1(CO)COC1. The lowest BCUT2D eigenvalue weighted by Crippen LogP contribution is -2.54. The Kier molecular flexibility index (Phi) is 2.97. The van der Waals surface area contributed by atoms with Crippen LogP contribution in [0.3, 0.4) is 0 Å². The maximum Gasteiger partial charge on any atom is 0.237 e. The van der Waals surface area contributed by atoms with Crippen molar-refractivity contribution in [2.45, 2.75) is 0 Å². The number of benzene rings is 2. The number of aliphatic hydroxyl groups is 1. The van der Waals surface area contributed by atoms with E-state index in [0.29, 0.717) is 0 Å². The van der Waals surface area contributed by atoms with Crippen molar-refractivity contribution in [2.75, 3.05) is 25.1 Å². The molecule has 1 aliphatic rings. The molecule has 4 heteroatoms. The van der Waals surface area contributed by atoms with Crippen molar-refractivity contribution < 1.29 is 14.6 Å². The van der Waals surface area contributed by atoms with Crippen LogP contribution < -0.4 is 5.32 Å². The zero-order valence-corrected chi connectivity index (χ0v) is 10.4. The van der Waals surface area contributed by atoms with Gasteiger partial charge < -0.3 is 15.2 Å². The van der Waals surface area contributed by atoms with Crippen LogP contribution in [0.1, 0.15) is 0 Å². The maximum absolute atomic E-state index is 12.1. The Balaban J connectivity index is 1.83. The van der Waals surface area contributed by atoms with Gasteiger partial charge in [0.1, 0.15) is 5.41 Å². The standard InChI is InChI=1S/C15H15NO3/c17-8-15(9-19-10-15)14(18)16-13-6-5-11-3-1-2-4-12(11)7-13/h1-7,17H,8-10H2,(H,16,18). The first kappa shape index (κ1) is 12.1. The number of carbonyl (C=O) groups is 1. The van der Waals surface area contributed by atoms with Crippen LogP contribution in [-0.2, 0) is 9.53 Å². The largest absolute Gasteiger partial charge is 0.395 e. The molecule has 0 aromatic heterocycles. The molecule has 19 heavy (non-hydrogen) atoms. The molecule has 0 bridgehead atoms. The van der Waals surface area contributed by atoms with Gasteiger partial charge in [-0.25, -0.2) is 0 Å². The van der Waals surface area contributed by atoms with Gasteiger partial charge in [0, 0.05) is 5.69 Å². The predicted octanol–water partition coefficient (Wildman–Crippen LogP) is 1.79. The molecule has 2 aromatic carbocycles. The molecule has 0 spiro atoms. The van der Waals surface area contributed by atoms with Crippen molar-refractivity contribution >= 4 is 22.4 Å². The van der Waals surface area contributed by atoms with Crippen LogP contribution in [0.5, 0.6) is 0 Å². The molecule has 2 N–H and O–H groups in total. The molecule has 1 saturated heterocycles. The third-order valence-corrected chi connectivity index (χ3v) is 3.55. The zero-order valence-electron chi connectivity index (χ0n) is 10.4. The zero-order chi connectivity index (χ0) is 13.3. The fourth-order valence-electron chi connectivity index (χ4n) is 2.17. The van der Waals surface area contributed by atoms with E-state index in [2.05, 4.69) is 5.32 Å². The van der Waals surface area contributed by atoms with Crippen LogP contribution in [0.15, 0.2) is 42.5 Å². The minimum absolute atomic E-state index is 0.184. The second-order valence-electron chi connectivity index (χ2n) is 4.95. The Bertz CT molecular complexity index is 614. The van der Waals surface area contributed by atoms with Crippen LogP contribution in [0.4, 0.5) is 5.69 Å². The first-order valence-electron chi connectivity index (χ1n) is 6.22. The number of ether oxygens (including phenoxy) is 1. The molecule has 0 unspecified atom stereocenters. The van der Waals surface area contributed by atoms with E-state index in [-0.39, 0.29) is 25.7 Å². The molecular weight excluding hydrogens is 242 g/mol. The Hall–Kier alpha value is -1.91. The lowest BCUT2D eigenvalue weighted by atomic mass is 9.86. The van der Waals surface area contributed by atoms with Gasteiger partial charge in [0.15, 0.2) is 0 Å². The molecule has 1 heterocycles. The summed E-state index contributed by atoms with van der Waals surface area (Å²) in [6, 6.07) is 13.7. The molecular formula is C15H15NO3. The topological polar surface area (TPSA) is 58.6 Å². The van der Waals surface area contributed by atoms with E-state index < -0.39 is 5.41 Å². The fourth-order valence-corrected chi connectivity index (χ4v) is 2.17. The summed E-state index contributed by atoms with van der Waals surface area (Å²) in [7, 11) is 0. The molecule has 1 aliphatic heterocycles. The van der Waals surface area contributed by atoms with Crippen LogP contribution in [0.2, 0.25) is 0 Å². The number of hydrogen-bond acceptors (Lipinski definition) is 3. The molecule has 1 amide bonds. The number of hydrogen-bond donors (Lipinski definition) is 2. The average molecular weight is 257 g/mol. The number of aliphatic hydroxyl groups excluding tert-OH is 1. The number of nitrogens with one attached hydrogen (secondary N) is 1. The number of anilines is 1. The van der Waals surface area contributed by atoms with Gasteiger partial charge in [-0.2, -0.15) is 0 Å². The summed E-state index contributed by atoms with van der Waals surface area (Å²) < 4.78 is 5.04. The molecule has 1 fully saturated rings. The second-order valence-corrected chi connectivity index (χ2v) is 4.95. The first-order chi connectivity index (χ1) is 9.23. The van der Waals surface area contributed by atoms with E-state index in [9.17, 15) is 9.90 Å². The molecule has 98 valence electrons. The van der Waals surface area contributed by atoms with Gasteiger partial charge in [-0.05, 0) is 22.9 Å². The fraction of sp³-hybridized carbons (Fsp3) is 0.267. The normalized spacial score (nSPS) is 16.9. The molecule has 3 rings (SSSR count). The highest BCUT2D eigenvalue weighted by molar-refractivity contribution is 5.98. The van der Waals surface area contributed by atoms with Gasteiger partial charge in [-0.1, -0.05) is 30.3 Å². The molecule has 0 saturated carbocycles. The highest BCUT2D eigenvalue weighted by atomic mass is 16.5. The summed E-state index contributed by atoms with van der Waals surface area (Å²) in [5, 5.41) is 14.4. The second kappa shape index (κ2) is 4.64. The average Bonchev–Trinajstić information content (AvgIpc) is 2.38. The van der Waals surface area contributed by atoms with Gasteiger partial charge >= 0.3 is 0 Å². The molecule has 0 radical (unpaired) electrons. The van der Waals surface area contributed by atoms with E-state index in [4.69, 9.17) is 4.74 Å². The summed E-state index contributed by atoms with van der Waals surface area (Å²) in [5.74, 6) is -0.184. The lowest BCUT2D eigenvalue weighted by Gasteiger charge is -2.38. The van der Waals surface area contributed by atoms with E-state index in [0.717, 1.165) is 16.5 Å². The quantitative estimate of drug-likeness (QED) is 0.881. The molecule has 0 aliphatic carbocycles. The smallest absolute Gasteiger partial charge is 0.237 e. The Labute approximate surface area is 111 Å². The third kappa shape index (κ3) is 2.09. The summed E-state index contributed by atoms with van der Waals surface area (Å²) >= 11 is 0. The van der Waals surface area contributed by atoms with Gasteiger partial charge in [-0.15, -0.1) is 0 Å². The van der Waals surface area contributed by atoms with E-state index in [1.54, 1.807) is 0 Å². The molecule has 0 atom stereocenters. The van der Waals surface area contributed by atoms with Crippen LogP contribution in [0, 0.1) is 5.41 Å². The highest BCUT2D eigenvalue weighted by Crippen LogP contribution is 2.29. The van der Waals surface area contributed by atoms with Crippen molar-refractivity contribution in [3.05, 3.63) is 42.5 Å². The third-order valence-electron chi connectivity index (χ3n) is 3.55. The summed E-state index contributed by atoms with van der Waals surface area (Å²) in [6.07, 6.45) is 0. The number of carbonyl (C=O) groups excluding carboxylic acids is 1. The van der Waals surface area contributed by atoms with Gasteiger partial charge in [0.25, 0.3) is 0 Å². The van der Waals surface area contributed by atoms with Crippen molar-refractivity contribution in [1.82, 2.24) is 0 Å². The van der Waals surface area contributed by atoms with Gasteiger partial charge in [0.05, 0.1) is 19.8 Å². The minimum Gasteiger partial charge on any atom is -0.395 e. The van der Waals surface area contributed by atoms with Crippen molar-refractivity contribution in [2.24, 2.45) is 5.41 Å². The lowest BCUT2D eigenvalue weighted by molar-refractivity contribution is -0.164. The Morgan fingerprint density at radius 3 is 2.58 bits per heavy atom. The monoisotopic (exact) mass is 257 g/mol. The summed E-state index contributed by atoms with van der Waals surface area (Å²) in [4.78, 5) is 12.1. The highest BCUT2D eigenvalue weighted by Gasteiger charge is 2.45. The predicted molar refractivity (Wildman–Crippen MR) is 72.9 cm³/mol. The summed E-state index contributed by atoms with van der Waals surface area (Å²) in [5.41, 5.74) is -0.0329. The van der Waals surface area contributed by atoms with E-state index in [1.165, 1.54) is 0 Å². The maximum atomic E-state index is 12.1. The van der Waals surface area contributed by atoms with Crippen molar-refractivity contribution in [1.29, 1.82) is 0 Å². The van der Waals surface area contributed by atoms with Gasteiger partial charge in [-0.3, -0.25) is 4.79 Å². The van der Waals surface area contributed by atoms with Crippen molar-refractivity contribution in [3.8, 4) is 0 Å². The Morgan fingerprint density at radius 1 is 1.21 bits per heavy atom. The van der Waals surface area contributed by atoms with Crippen LogP contribution in [-0.4, -0.2) is 30.8 Å². The van der Waals surface area contributed by atoms with Crippen LogP contribution in [0.25, 0.3) is 10.8 Å². The first-order valence-corrected chi connectivity index (χ1v) is 6.22.